The normalized spacial score (nSPS) is 16.5. The Morgan fingerprint density at radius 2 is 0.830 bits per heavy atom. The average Bonchev–Trinajstić information content (AvgIpc) is 4.03. The monoisotopic (exact) mass is 640 g/mol. The quantitative estimate of drug-likeness (QED) is 0.0801. The predicted molar refractivity (Wildman–Crippen MR) is 171 cm³/mol. The Balaban J connectivity index is 0.909. The molecule has 2 aliphatic heterocycles. The smallest absolute Gasteiger partial charge is 0.343 e. The zero-order chi connectivity index (χ0) is 32.6. The van der Waals surface area contributed by atoms with E-state index < -0.39 is 11.9 Å². The molecule has 0 bridgehead atoms. The third-order valence-corrected chi connectivity index (χ3v) is 7.18. The second kappa shape index (κ2) is 14.6. The molecular formula is C37H36O10. The van der Waals surface area contributed by atoms with Gasteiger partial charge in [-0.15, -0.1) is 0 Å². The van der Waals surface area contributed by atoms with E-state index in [1.165, 1.54) is 0 Å². The van der Waals surface area contributed by atoms with Crippen molar-refractivity contribution in [3.63, 3.8) is 0 Å². The third-order valence-electron chi connectivity index (χ3n) is 7.18. The molecule has 0 amide bonds. The largest absolute Gasteiger partial charge is 0.493 e. The highest BCUT2D eigenvalue weighted by Crippen LogP contribution is 2.25. The van der Waals surface area contributed by atoms with Gasteiger partial charge in [0.05, 0.1) is 37.6 Å². The fourth-order valence-corrected chi connectivity index (χ4v) is 4.22. The van der Waals surface area contributed by atoms with Crippen LogP contribution in [0.25, 0.3) is 0 Å². The molecule has 10 nitrogen and oxygen atoms in total. The molecule has 0 radical (unpaired) electrons. The maximum Gasteiger partial charge on any atom is 0.343 e. The Bertz CT molecular complexity index is 1500. The first-order chi connectivity index (χ1) is 22.8. The fraction of sp³-hybridized carbons (Fsp3) is 0.297. The van der Waals surface area contributed by atoms with E-state index in [0.717, 1.165) is 13.2 Å². The molecule has 244 valence electrons. The SMILES string of the molecule is CC(C)(COc1ccc(C(=O)Oc2ccc(OCC3CO3)cc2)cc1)COc1ccc(C(=O)Oc2ccc(OCC3CO3)cc2)cc1. The highest BCUT2D eigenvalue weighted by atomic mass is 16.6. The van der Waals surface area contributed by atoms with Gasteiger partial charge in [0.2, 0.25) is 0 Å². The van der Waals surface area contributed by atoms with Gasteiger partial charge in [-0.1, -0.05) is 13.8 Å². The highest BCUT2D eigenvalue weighted by molar-refractivity contribution is 5.91. The summed E-state index contributed by atoms with van der Waals surface area (Å²) in [4.78, 5) is 25.2. The molecule has 10 heteroatoms. The minimum absolute atomic E-state index is 0.174. The number of hydrogen-bond donors (Lipinski definition) is 0. The van der Waals surface area contributed by atoms with E-state index in [2.05, 4.69) is 0 Å². The van der Waals surface area contributed by atoms with Gasteiger partial charge in [0, 0.05) is 5.41 Å². The fourth-order valence-electron chi connectivity index (χ4n) is 4.22. The van der Waals surface area contributed by atoms with Crippen LogP contribution in [0.5, 0.6) is 34.5 Å². The highest BCUT2D eigenvalue weighted by Gasteiger charge is 2.24. The van der Waals surface area contributed by atoms with Gasteiger partial charge < -0.3 is 37.9 Å². The Hall–Kier alpha value is -5.06. The molecule has 47 heavy (non-hydrogen) atoms. The van der Waals surface area contributed by atoms with Gasteiger partial charge in [0.25, 0.3) is 0 Å². The van der Waals surface area contributed by atoms with Crippen molar-refractivity contribution in [1.82, 2.24) is 0 Å². The number of carbonyl (C=O) groups is 2. The Morgan fingerprint density at radius 3 is 1.17 bits per heavy atom. The molecule has 0 aromatic heterocycles. The minimum atomic E-state index is -0.469. The van der Waals surface area contributed by atoms with Crippen LogP contribution < -0.4 is 28.4 Å². The van der Waals surface area contributed by atoms with Crippen LogP contribution >= 0.6 is 0 Å². The van der Waals surface area contributed by atoms with Crippen LogP contribution in [0.3, 0.4) is 0 Å². The van der Waals surface area contributed by atoms with Crippen LogP contribution in [0.15, 0.2) is 97.1 Å². The van der Waals surface area contributed by atoms with Crippen LogP contribution in [0.4, 0.5) is 0 Å². The lowest BCUT2D eigenvalue weighted by atomic mass is 9.96. The number of benzene rings is 4. The average molecular weight is 641 g/mol. The standard InChI is InChI=1S/C37H36O10/c1-37(2,23-44-29-7-3-25(4-8-29)35(38)46-31-15-11-27(12-16-31)40-19-33-21-42-33)24-45-30-9-5-26(6-10-30)36(39)47-32-17-13-28(14-18-32)41-20-34-22-43-34/h3-18,33-34H,19-24H2,1-2H3. The first-order valence-electron chi connectivity index (χ1n) is 15.4. The van der Waals surface area contributed by atoms with Crippen molar-refractivity contribution in [1.29, 1.82) is 0 Å². The summed E-state index contributed by atoms with van der Waals surface area (Å²) in [6, 6.07) is 27.4. The van der Waals surface area contributed by atoms with Crippen molar-refractivity contribution in [2.45, 2.75) is 26.1 Å². The van der Waals surface area contributed by atoms with Crippen LogP contribution in [-0.4, -0.2) is 63.8 Å². The maximum atomic E-state index is 12.6. The van der Waals surface area contributed by atoms with E-state index >= 15 is 0 Å². The molecule has 0 saturated carbocycles. The van der Waals surface area contributed by atoms with Gasteiger partial charge in [-0.3, -0.25) is 0 Å². The summed E-state index contributed by atoms with van der Waals surface area (Å²) in [5.74, 6) is 2.53. The second-order valence-corrected chi connectivity index (χ2v) is 12.0. The van der Waals surface area contributed by atoms with Crippen LogP contribution in [-0.2, 0) is 9.47 Å². The first kappa shape index (κ1) is 31.9. The third kappa shape index (κ3) is 9.96. The van der Waals surface area contributed by atoms with Crippen molar-refractivity contribution in [3.05, 3.63) is 108 Å². The molecular weight excluding hydrogens is 604 g/mol. The van der Waals surface area contributed by atoms with Gasteiger partial charge in [0.15, 0.2) is 0 Å². The van der Waals surface area contributed by atoms with Gasteiger partial charge in [0.1, 0.15) is 59.9 Å². The number of ether oxygens (including phenoxy) is 8. The van der Waals surface area contributed by atoms with Crippen molar-refractivity contribution in [2.75, 3.05) is 39.6 Å². The summed E-state index contributed by atoms with van der Waals surface area (Å²) in [5.41, 5.74) is 0.472. The zero-order valence-electron chi connectivity index (χ0n) is 26.2. The van der Waals surface area contributed by atoms with Crippen molar-refractivity contribution < 1.29 is 47.5 Å². The lowest BCUT2D eigenvalue weighted by Gasteiger charge is -2.25. The molecule has 2 aliphatic rings. The molecule has 6 rings (SSSR count). The molecule has 2 fully saturated rings. The van der Waals surface area contributed by atoms with Crippen LogP contribution in [0.2, 0.25) is 0 Å². The van der Waals surface area contributed by atoms with Crippen LogP contribution in [0, 0.1) is 5.41 Å². The summed E-state index contributed by atoms with van der Waals surface area (Å²) in [7, 11) is 0. The van der Waals surface area contributed by atoms with Gasteiger partial charge in [-0.05, 0) is 97.1 Å². The van der Waals surface area contributed by atoms with Crippen molar-refractivity contribution in [3.8, 4) is 34.5 Å². The van der Waals surface area contributed by atoms with E-state index in [-0.39, 0.29) is 17.6 Å². The molecule has 2 heterocycles. The van der Waals surface area contributed by atoms with E-state index in [9.17, 15) is 9.59 Å². The summed E-state index contributed by atoms with van der Waals surface area (Å²) in [6.45, 7) is 7.28. The van der Waals surface area contributed by atoms with E-state index in [1.54, 1.807) is 97.1 Å². The molecule has 0 spiro atoms. The molecule has 2 atom stereocenters. The first-order valence-corrected chi connectivity index (χ1v) is 15.4. The minimum Gasteiger partial charge on any atom is -0.493 e. The topological polar surface area (TPSA) is 115 Å². The maximum absolute atomic E-state index is 12.6. The van der Waals surface area contributed by atoms with Crippen molar-refractivity contribution in [2.24, 2.45) is 5.41 Å². The van der Waals surface area contributed by atoms with E-state index in [1.807, 2.05) is 13.8 Å². The Morgan fingerprint density at radius 1 is 0.532 bits per heavy atom. The molecule has 2 saturated heterocycles. The predicted octanol–water partition coefficient (Wildman–Crippen LogP) is 6.16. The van der Waals surface area contributed by atoms with E-state index in [4.69, 9.17) is 37.9 Å². The molecule has 0 aliphatic carbocycles. The summed E-state index contributed by atoms with van der Waals surface area (Å²) < 4.78 is 44.4. The van der Waals surface area contributed by atoms with Crippen LogP contribution in [0.1, 0.15) is 34.6 Å². The number of esters is 2. The molecule has 0 N–H and O–H groups in total. The summed E-state index contributed by atoms with van der Waals surface area (Å²) in [5, 5.41) is 0. The number of rotatable bonds is 16. The van der Waals surface area contributed by atoms with Gasteiger partial charge in [-0.25, -0.2) is 9.59 Å². The van der Waals surface area contributed by atoms with Gasteiger partial charge >= 0.3 is 11.9 Å². The summed E-state index contributed by atoms with van der Waals surface area (Å²) in [6.07, 6.45) is 0.348. The number of epoxide rings is 2. The number of hydrogen-bond acceptors (Lipinski definition) is 10. The summed E-state index contributed by atoms with van der Waals surface area (Å²) >= 11 is 0. The molecule has 4 aromatic carbocycles. The zero-order valence-corrected chi connectivity index (χ0v) is 26.2. The lowest BCUT2D eigenvalue weighted by molar-refractivity contribution is 0.0725. The second-order valence-electron chi connectivity index (χ2n) is 12.0. The van der Waals surface area contributed by atoms with E-state index in [0.29, 0.717) is 72.1 Å². The number of carbonyl (C=O) groups excluding carboxylic acids is 2. The van der Waals surface area contributed by atoms with Gasteiger partial charge in [-0.2, -0.15) is 0 Å². The Labute approximate surface area is 273 Å². The lowest BCUT2D eigenvalue weighted by Crippen LogP contribution is -2.28. The van der Waals surface area contributed by atoms with Crippen molar-refractivity contribution >= 4 is 11.9 Å². The molecule has 4 aromatic rings. The molecule has 2 unspecified atom stereocenters. The Kier molecular flexibility index (Phi) is 9.89.